The fraction of sp³-hybridized carbons (Fsp3) is 0. The molecule has 2 nitrogen and oxygen atoms in total. The highest BCUT2D eigenvalue weighted by molar-refractivity contribution is 9.10. The second-order valence-corrected chi connectivity index (χ2v) is 2.84. The maximum atomic E-state index is 8.51. The fourth-order valence-corrected chi connectivity index (χ4v) is 1.18. The van der Waals surface area contributed by atoms with E-state index >= 15 is 0 Å². The average Bonchev–Trinajstić information content (AvgIpc) is 2.03. The smallest absolute Gasteiger partial charge is 0.189 e. The zero-order valence-electron chi connectivity index (χ0n) is 5.50. The largest absolute Gasteiger partial charge is 0.238 e. The van der Waals surface area contributed by atoms with E-state index in [1.165, 1.54) is 0 Å². The number of nitrogens with zero attached hydrogens (tertiary/aromatic N) is 2. The maximum Gasteiger partial charge on any atom is 0.189 e. The SMILES string of the molecule is [C-]#[N+]c1cc(Br)cc(C#N)c1. The summed E-state index contributed by atoms with van der Waals surface area (Å²) in [5.41, 5.74) is 0.987. The molecule has 0 heterocycles. The van der Waals surface area contributed by atoms with E-state index in [1.807, 2.05) is 6.07 Å². The van der Waals surface area contributed by atoms with E-state index in [-0.39, 0.29) is 0 Å². The van der Waals surface area contributed by atoms with Crippen LogP contribution in [0.2, 0.25) is 0 Å². The molecular formula is C8H3BrN2. The van der Waals surface area contributed by atoms with Crippen molar-refractivity contribution in [1.82, 2.24) is 0 Å². The van der Waals surface area contributed by atoms with Crippen LogP contribution in [0.4, 0.5) is 5.69 Å². The zero-order valence-corrected chi connectivity index (χ0v) is 7.09. The summed E-state index contributed by atoms with van der Waals surface area (Å²) in [6.07, 6.45) is 0. The number of nitriles is 1. The molecule has 0 atom stereocenters. The van der Waals surface area contributed by atoms with Crippen molar-refractivity contribution in [2.75, 3.05) is 0 Å². The van der Waals surface area contributed by atoms with Gasteiger partial charge >= 0.3 is 0 Å². The summed E-state index contributed by atoms with van der Waals surface area (Å²) >= 11 is 3.20. The Morgan fingerprint density at radius 3 is 2.73 bits per heavy atom. The van der Waals surface area contributed by atoms with Gasteiger partial charge in [-0.1, -0.05) is 15.9 Å². The van der Waals surface area contributed by atoms with Gasteiger partial charge in [0.25, 0.3) is 0 Å². The first-order chi connectivity index (χ1) is 5.26. The van der Waals surface area contributed by atoms with Crippen LogP contribution in [0.25, 0.3) is 4.85 Å². The minimum Gasteiger partial charge on any atom is -0.238 e. The summed E-state index contributed by atoms with van der Waals surface area (Å²) in [5, 5.41) is 8.51. The Hall–Kier alpha value is -1.32. The van der Waals surface area contributed by atoms with Crippen LogP contribution in [0.5, 0.6) is 0 Å². The Bertz CT molecular complexity index is 325. The lowest BCUT2D eigenvalue weighted by atomic mass is 10.2. The highest BCUT2D eigenvalue weighted by Gasteiger charge is 1.96. The molecule has 0 aromatic heterocycles. The first-order valence-electron chi connectivity index (χ1n) is 2.84. The van der Waals surface area contributed by atoms with E-state index in [2.05, 4.69) is 20.8 Å². The van der Waals surface area contributed by atoms with E-state index in [0.717, 1.165) is 4.47 Å². The number of halogens is 1. The van der Waals surface area contributed by atoms with E-state index < -0.39 is 0 Å². The lowest BCUT2D eigenvalue weighted by Crippen LogP contribution is -1.72. The van der Waals surface area contributed by atoms with Crippen molar-refractivity contribution < 1.29 is 0 Å². The van der Waals surface area contributed by atoms with Crippen LogP contribution in [0.1, 0.15) is 5.56 Å². The Labute approximate surface area is 73.0 Å². The summed E-state index contributed by atoms with van der Waals surface area (Å²) in [4.78, 5) is 3.21. The maximum absolute atomic E-state index is 8.51. The number of hydrogen-bond donors (Lipinski definition) is 0. The average molecular weight is 207 g/mol. The van der Waals surface area contributed by atoms with Crippen molar-refractivity contribution in [3.8, 4) is 6.07 Å². The summed E-state index contributed by atoms with van der Waals surface area (Å²) < 4.78 is 0.766. The van der Waals surface area contributed by atoms with Gasteiger partial charge in [-0.05, 0) is 18.2 Å². The Morgan fingerprint density at radius 2 is 2.18 bits per heavy atom. The molecule has 1 aromatic carbocycles. The van der Waals surface area contributed by atoms with Crippen LogP contribution in [-0.2, 0) is 0 Å². The molecule has 0 aliphatic heterocycles. The number of rotatable bonds is 0. The van der Waals surface area contributed by atoms with Crippen LogP contribution >= 0.6 is 15.9 Å². The predicted octanol–water partition coefficient (Wildman–Crippen LogP) is 2.87. The molecule has 52 valence electrons. The Balaban J connectivity index is 3.28. The lowest BCUT2D eigenvalue weighted by molar-refractivity contribution is 1.48. The van der Waals surface area contributed by atoms with E-state index in [9.17, 15) is 0 Å². The molecule has 3 heteroatoms. The van der Waals surface area contributed by atoms with Gasteiger partial charge in [-0.2, -0.15) is 5.26 Å². The van der Waals surface area contributed by atoms with Gasteiger partial charge in [-0.25, -0.2) is 4.85 Å². The van der Waals surface area contributed by atoms with Crippen molar-refractivity contribution in [3.63, 3.8) is 0 Å². The molecule has 0 saturated carbocycles. The van der Waals surface area contributed by atoms with Gasteiger partial charge in [0.2, 0.25) is 0 Å². The molecule has 0 saturated heterocycles. The zero-order chi connectivity index (χ0) is 8.27. The minimum absolute atomic E-state index is 0.482. The highest BCUT2D eigenvalue weighted by Crippen LogP contribution is 2.20. The molecule has 0 radical (unpaired) electrons. The van der Waals surface area contributed by atoms with Crippen LogP contribution in [0.3, 0.4) is 0 Å². The van der Waals surface area contributed by atoms with Crippen LogP contribution in [0, 0.1) is 17.9 Å². The van der Waals surface area contributed by atoms with Gasteiger partial charge in [-0.15, -0.1) is 0 Å². The van der Waals surface area contributed by atoms with E-state index in [0.29, 0.717) is 11.3 Å². The normalized spacial score (nSPS) is 8.27. The summed E-state index contributed by atoms with van der Waals surface area (Å²) in [7, 11) is 0. The van der Waals surface area contributed by atoms with Crippen molar-refractivity contribution in [1.29, 1.82) is 5.26 Å². The number of hydrogen-bond acceptors (Lipinski definition) is 1. The molecule has 0 unspecified atom stereocenters. The topological polar surface area (TPSA) is 28.1 Å². The molecular weight excluding hydrogens is 204 g/mol. The summed E-state index contributed by atoms with van der Waals surface area (Å²) in [5.74, 6) is 0. The van der Waals surface area contributed by atoms with Crippen LogP contribution < -0.4 is 0 Å². The predicted molar refractivity (Wildman–Crippen MR) is 45.1 cm³/mol. The third kappa shape index (κ3) is 1.80. The second-order valence-electron chi connectivity index (χ2n) is 1.92. The number of benzene rings is 1. The fourth-order valence-electron chi connectivity index (χ4n) is 0.703. The molecule has 0 bridgehead atoms. The quantitative estimate of drug-likeness (QED) is 0.601. The first-order valence-corrected chi connectivity index (χ1v) is 3.63. The minimum atomic E-state index is 0.482. The van der Waals surface area contributed by atoms with Gasteiger partial charge in [0.1, 0.15) is 0 Å². The molecule has 1 aromatic rings. The molecule has 1 rings (SSSR count). The van der Waals surface area contributed by atoms with Crippen molar-refractivity contribution in [2.45, 2.75) is 0 Å². The van der Waals surface area contributed by atoms with Crippen LogP contribution in [-0.4, -0.2) is 0 Å². The van der Waals surface area contributed by atoms with Crippen molar-refractivity contribution in [3.05, 3.63) is 39.7 Å². The highest BCUT2D eigenvalue weighted by atomic mass is 79.9. The van der Waals surface area contributed by atoms with Gasteiger partial charge in [0, 0.05) is 10.0 Å². The van der Waals surface area contributed by atoms with E-state index in [1.54, 1.807) is 18.2 Å². The second kappa shape index (κ2) is 3.18. The first kappa shape index (κ1) is 7.78. The third-order valence-electron chi connectivity index (χ3n) is 1.14. The molecule has 0 fully saturated rings. The third-order valence-corrected chi connectivity index (χ3v) is 1.60. The van der Waals surface area contributed by atoms with Crippen molar-refractivity contribution >= 4 is 21.6 Å². The van der Waals surface area contributed by atoms with Crippen molar-refractivity contribution in [2.24, 2.45) is 0 Å². The standard InChI is InChI=1S/C8H3BrN2/c1-11-8-3-6(5-10)2-7(9)4-8/h2-4H. The molecule has 11 heavy (non-hydrogen) atoms. The molecule has 0 amide bonds. The molecule has 0 spiro atoms. The lowest BCUT2D eigenvalue weighted by Gasteiger charge is -1.92. The monoisotopic (exact) mass is 206 g/mol. The van der Waals surface area contributed by atoms with Gasteiger partial charge < -0.3 is 0 Å². The van der Waals surface area contributed by atoms with Gasteiger partial charge in [0.15, 0.2) is 5.69 Å². The Kier molecular flexibility index (Phi) is 2.25. The van der Waals surface area contributed by atoms with E-state index in [4.69, 9.17) is 11.8 Å². The molecule has 0 aliphatic carbocycles. The Morgan fingerprint density at radius 1 is 1.45 bits per heavy atom. The van der Waals surface area contributed by atoms with Gasteiger partial charge in [-0.3, -0.25) is 0 Å². The molecule has 0 N–H and O–H groups in total. The molecule has 0 aliphatic rings. The van der Waals surface area contributed by atoms with Crippen LogP contribution in [0.15, 0.2) is 22.7 Å². The van der Waals surface area contributed by atoms with Gasteiger partial charge in [0.05, 0.1) is 12.6 Å². The summed E-state index contributed by atoms with van der Waals surface area (Å²) in [6.45, 7) is 6.71. The summed E-state index contributed by atoms with van der Waals surface area (Å²) in [6, 6.07) is 6.87.